The van der Waals surface area contributed by atoms with Crippen LogP contribution in [0.25, 0.3) is 0 Å². The number of hydrogen-bond donors (Lipinski definition) is 0. The summed E-state index contributed by atoms with van der Waals surface area (Å²) in [7, 11) is 0. The fourth-order valence-electron chi connectivity index (χ4n) is 2.10. The smallest absolute Gasteiger partial charge is 0.166 e. The number of Topliss-reactive ketones (excluding diaryl/α,β-unsaturated/α-hetero) is 1. The Morgan fingerprint density at radius 1 is 1.41 bits per heavy atom. The van der Waals surface area contributed by atoms with Crippen LogP contribution in [0.2, 0.25) is 0 Å². The van der Waals surface area contributed by atoms with Crippen molar-refractivity contribution in [2.45, 2.75) is 19.8 Å². The maximum absolute atomic E-state index is 12.2. The van der Waals surface area contributed by atoms with Crippen molar-refractivity contribution in [3.8, 4) is 5.75 Å². The summed E-state index contributed by atoms with van der Waals surface area (Å²) in [6, 6.07) is 7.45. The zero-order chi connectivity index (χ0) is 12.1. The SMILES string of the molecule is CCOc1cccc(C(=O)C2CCOCC2)c1. The van der Waals surface area contributed by atoms with Crippen LogP contribution >= 0.6 is 0 Å². The van der Waals surface area contributed by atoms with Gasteiger partial charge in [0.05, 0.1) is 6.61 Å². The van der Waals surface area contributed by atoms with Crippen molar-refractivity contribution in [2.75, 3.05) is 19.8 Å². The number of carbonyl (C=O) groups is 1. The third-order valence-electron chi connectivity index (χ3n) is 3.02. The molecule has 0 aliphatic carbocycles. The van der Waals surface area contributed by atoms with Crippen molar-refractivity contribution in [3.63, 3.8) is 0 Å². The van der Waals surface area contributed by atoms with Gasteiger partial charge in [0.15, 0.2) is 5.78 Å². The normalized spacial score (nSPS) is 16.8. The quantitative estimate of drug-likeness (QED) is 0.751. The molecule has 0 amide bonds. The number of ether oxygens (including phenoxy) is 2. The molecule has 3 nitrogen and oxygen atoms in total. The van der Waals surface area contributed by atoms with E-state index in [0.29, 0.717) is 19.8 Å². The van der Waals surface area contributed by atoms with Crippen LogP contribution in [0.15, 0.2) is 24.3 Å². The Kier molecular flexibility index (Phi) is 4.15. The molecule has 0 spiro atoms. The minimum absolute atomic E-state index is 0.112. The average Bonchev–Trinajstić information content (AvgIpc) is 2.40. The van der Waals surface area contributed by atoms with E-state index in [0.717, 1.165) is 24.2 Å². The number of ketones is 1. The van der Waals surface area contributed by atoms with Gasteiger partial charge < -0.3 is 9.47 Å². The molecule has 0 saturated carbocycles. The first-order chi connectivity index (χ1) is 8.31. The summed E-state index contributed by atoms with van der Waals surface area (Å²) in [5.74, 6) is 1.10. The van der Waals surface area contributed by atoms with E-state index < -0.39 is 0 Å². The monoisotopic (exact) mass is 234 g/mol. The molecule has 0 radical (unpaired) electrons. The highest BCUT2D eigenvalue weighted by Gasteiger charge is 2.22. The molecule has 1 saturated heterocycles. The number of carbonyl (C=O) groups excluding carboxylic acids is 1. The number of hydrogen-bond acceptors (Lipinski definition) is 3. The molecule has 2 rings (SSSR count). The van der Waals surface area contributed by atoms with E-state index >= 15 is 0 Å². The maximum atomic E-state index is 12.2. The van der Waals surface area contributed by atoms with Gasteiger partial charge in [0.2, 0.25) is 0 Å². The number of rotatable bonds is 4. The van der Waals surface area contributed by atoms with Gasteiger partial charge >= 0.3 is 0 Å². The first kappa shape index (κ1) is 12.1. The summed E-state index contributed by atoms with van der Waals surface area (Å²) >= 11 is 0. The van der Waals surface area contributed by atoms with Crippen LogP contribution < -0.4 is 4.74 Å². The summed E-state index contributed by atoms with van der Waals surface area (Å²) in [4.78, 5) is 12.2. The fraction of sp³-hybridized carbons (Fsp3) is 0.500. The van der Waals surface area contributed by atoms with Gasteiger partial charge in [-0.1, -0.05) is 12.1 Å². The van der Waals surface area contributed by atoms with Crippen LogP contribution in [0.5, 0.6) is 5.75 Å². The first-order valence-electron chi connectivity index (χ1n) is 6.16. The molecule has 1 aliphatic rings. The van der Waals surface area contributed by atoms with Crippen LogP contribution in [0, 0.1) is 5.92 Å². The van der Waals surface area contributed by atoms with E-state index in [1.165, 1.54) is 0 Å². The topological polar surface area (TPSA) is 35.5 Å². The Morgan fingerprint density at radius 2 is 2.18 bits per heavy atom. The maximum Gasteiger partial charge on any atom is 0.166 e. The molecule has 1 fully saturated rings. The van der Waals surface area contributed by atoms with Crippen LogP contribution in [-0.4, -0.2) is 25.6 Å². The first-order valence-corrected chi connectivity index (χ1v) is 6.16. The zero-order valence-electron chi connectivity index (χ0n) is 10.1. The van der Waals surface area contributed by atoms with Gasteiger partial charge in [-0.2, -0.15) is 0 Å². The second kappa shape index (κ2) is 5.82. The van der Waals surface area contributed by atoms with Crippen molar-refractivity contribution in [1.82, 2.24) is 0 Å². The lowest BCUT2D eigenvalue weighted by Crippen LogP contribution is -2.23. The molecule has 0 N–H and O–H groups in total. The van der Waals surface area contributed by atoms with E-state index in [2.05, 4.69) is 0 Å². The van der Waals surface area contributed by atoms with Crippen molar-refractivity contribution < 1.29 is 14.3 Å². The summed E-state index contributed by atoms with van der Waals surface area (Å²) in [5, 5.41) is 0. The Morgan fingerprint density at radius 3 is 2.88 bits per heavy atom. The highest BCUT2D eigenvalue weighted by atomic mass is 16.5. The van der Waals surface area contributed by atoms with Crippen LogP contribution in [0.3, 0.4) is 0 Å². The summed E-state index contributed by atoms with van der Waals surface area (Å²) in [6.07, 6.45) is 1.66. The molecule has 1 heterocycles. The molecule has 3 heteroatoms. The lowest BCUT2D eigenvalue weighted by Gasteiger charge is -2.20. The predicted molar refractivity (Wildman–Crippen MR) is 65.5 cm³/mol. The van der Waals surface area contributed by atoms with Crippen molar-refractivity contribution in [3.05, 3.63) is 29.8 Å². The molecule has 1 aliphatic heterocycles. The van der Waals surface area contributed by atoms with Gasteiger partial charge in [-0.15, -0.1) is 0 Å². The van der Waals surface area contributed by atoms with Gasteiger partial charge in [-0.3, -0.25) is 4.79 Å². The van der Waals surface area contributed by atoms with Crippen molar-refractivity contribution in [2.24, 2.45) is 5.92 Å². The second-order valence-electron chi connectivity index (χ2n) is 4.21. The molecule has 17 heavy (non-hydrogen) atoms. The minimum atomic E-state index is 0.112. The largest absolute Gasteiger partial charge is 0.494 e. The third kappa shape index (κ3) is 3.07. The summed E-state index contributed by atoms with van der Waals surface area (Å²) < 4.78 is 10.7. The molecule has 1 aromatic carbocycles. The Hall–Kier alpha value is -1.35. The highest BCUT2D eigenvalue weighted by Crippen LogP contribution is 2.22. The van der Waals surface area contributed by atoms with Gasteiger partial charge in [-0.05, 0) is 31.9 Å². The van der Waals surface area contributed by atoms with Gasteiger partial charge in [0.25, 0.3) is 0 Å². The van der Waals surface area contributed by atoms with E-state index in [9.17, 15) is 4.79 Å². The lowest BCUT2D eigenvalue weighted by molar-refractivity contribution is 0.0544. The Bertz CT molecular complexity index is 381. The van der Waals surface area contributed by atoms with Gasteiger partial charge in [-0.25, -0.2) is 0 Å². The average molecular weight is 234 g/mol. The van der Waals surface area contributed by atoms with Crippen LogP contribution in [0.1, 0.15) is 30.1 Å². The molecular formula is C14H18O3. The standard InChI is InChI=1S/C14H18O3/c1-2-17-13-5-3-4-12(10-13)14(15)11-6-8-16-9-7-11/h3-5,10-11H,2,6-9H2,1H3. The van der Waals surface area contributed by atoms with Crippen LogP contribution in [0.4, 0.5) is 0 Å². The number of benzene rings is 1. The molecule has 0 atom stereocenters. The van der Waals surface area contributed by atoms with Crippen molar-refractivity contribution >= 4 is 5.78 Å². The molecule has 92 valence electrons. The van der Waals surface area contributed by atoms with Gasteiger partial charge in [0.1, 0.15) is 5.75 Å². The third-order valence-corrected chi connectivity index (χ3v) is 3.02. The van der Waals surface area contributed by atoms with E-state index in [4.69, 9.17) is 9.47 Å². The summed E-state index contributed by atoms with van der Waals surface area (Å²) in [5.41, 5.74) is 0.753. The van der Waals surface area contributed by atoms with Crippen LogP contribution in [-0.2, 0) is 4.74 Å². The van der Waals surface area contributed by atoms with Crippen molar-refractivity contribution in [1.29, 1.82) is 0 Å². The Labute approximate surface area is 102 Å². The fourth-order valence-corrected chi connectivity index (χ4v) is 2.10. The minimum Gasteiger partial charge on any atom is -0.494 e. The molecule has 0 unspecified atom stereocenters. The zero-order valence-corrected chi connectivity index (χ0v) is 10.1. The highest BCUT2D eigenvalue weighted by molar-refractivity contribution is 5.98. The van der Waals surface area contributed by atoms with E-state index in [-0.39, 0.29) is 11.7 Å². The molecule has 0 bridgehead atoms. The Balaban J connectivity index is 2.09. The van der Waals surface area contributed by atoms with E-state index in [1.807, 2.05) is 31.2 Å². The molecule has 0 aromatic heterocycles. The lowest BCUT2D eigenvalue weighted by atomic mass is 9.91. The second-order valence-corrected chi connectivity index (χ2v) is 4.21. The molecular weight excluding hydrogens is 216 g/mol. The predicted octanol–water partition coefficient (Wildman–Crippen LogP) is 2.69. The van der Waals surface area contributed by atoms with Gasteiger partial charge in [0, 0.05) is 24.7 Å². The molecule has 1 aromatic rings. The summed E-state index contributed by atoms with van der Waals surface area (Å²) in [6.45, 7) is 3.95. The van der Waals surface area contributed by atoms with E-state index in [1.54, 1.807) is 0 Å².